The van der Waals surface area contributed by atoms with Crippen molar-refractivity contribution >= 4 is 16.5 Å². The van der Waals surface area contributed by atoms with Gasteiger partial charge in [0.25, 0.3) is 0 Å². The zero-order valence-electron chi connectivity index (χ0n) is 12.4. The Hall–Kier alpha value is -2.52. The molecule has 0 bridgehead atoms. The van der Waals surface area contributed by atoms with Crippen LogP contribution in [0.4, 0.5) is 0 Å². The van der Waals surface area contributed by atoms with Gasteiger partial charge < -0.3 is 4.74 Å². The molecule has 3 heteroatoms. The average molecular weight is 288 g/mol. The van der Waals surface area contributed by atoms with Crippen molar-refractivity contribution < 1.29 is 4.74 Å². The van der Waals surface area contributed by atoms with Crippen molar-refractivity contribution in [3.8, 4) is 11.4 Å². The van der Waals surface area contributed by atoms with Crippen molar-refractivity contribution in [1.29, 1.82) is 0 Å². The summed E-state index contributed by atoms with van der Waals surface area (Å²) in [6.07, 6.45) is 0. The minimum Gasteiger partial charge on any atom is -0.372 e. The number of fused-ring (bicyclic) bond motifs is 1. The number of para-hydroxylation sites is 1. The van der Waals surface area contributed by atoms with Crippen LogP contribution in [0.15, 0.2) is 60.2 Å². The van der Waals surface area contributed by atoms with E-state index >= 15 is 0 Å². The molecule has 0 aliphatic carbocycles. The largest absolute Gasteiger partial charge is 0.372 e. The van der Waals surface area contributed by atoms with Crippen LogP contribution in [0.1, 0.15) is 12.6 Å². The lowest BCUT2D eigenvalue weighted by atomic mass is 10.0. The standard InChI is InChI=1S/C19H16N2O/c1-13-11-22-12-16(13)18-15-9-5-6-10-17(15)20-19(21-18)14-7-3-2-4-8-14/h2-10H,11-12H2,1H3. The lowest BCUT2D eigenvalue weighted by Gasteiger charge is -2.10. The second-order valence-electron chi connectivity index (χ2n) is 5.53. The van der Waals surface area contributed by atoms with Crippen LogP contribution in [0.25, 0.3) is 27.9 Å². The molecule has 2 heterocycles. The van der Waals surface area contributed by atoms with Crippen molar-refractivity contribution in [2.75, 3.05) is 13.2 Å². The minimum atomic E-state index is 0.626. The molecule has 1 aromatic heterocycles. The second-order valence-corrected chi connectivity index (χ2v) is 5.53. The van der Waals surface area contributed by atoms with Gasteiger partial charge in [0.2, 0.25) is 0 Å². The van der Waals surface area contributed by atoms with Gasteiger partial charge in [0.05, 0.1) is 24.4 Å². The molecule has 1 aliphatic rings. The van der Waals surface area contributed by atoms with Gasteiger partial charge in [0.15, 0.2) is 5.82 Å². The molecule has 2 aromatic carbocycles. The third-order valence-electron chi connectivity index (χ3n) is 4.00. The molecule has 0 amide bonds. The zero-order valence-corrected chi connectivity index (χ0v) is 12.4. The summed E-state index contributed by atoms with van der Waals surface area (Å²) >= 11 is 0. The van der Waals surface area contributed by atoms with Crippen LogP contribution in [0, 0.1) is 0 Å². The summed E-state index contributed by atoms with van der Waals surface area (Å²) in [7, 11) is 0. The third kappa shape index (κ3) is 2.20. The topological polar surface area (TPSA) is 35.0 Å². The molecule has 0 radical (unpaired) electrons. The third-order valence-corrected chi connectivity index (χ3v) is 4.00. The Labute approximate surface area is 129 Å². The summed E-state index contributed by atoms with van der Waals surface area (Å²) in [5.41, 5.74) is 5.45. The molecule has 0 unspecified atom stereocenters. The van der Waals surface area contributed by atoms with Crippen LogP contribution in [0.3, 0.4) is 0 Å². The first kappa shape index (κ1) is 13.2. The fourth-order valence-corrected chi connectivity index (χ4v) is 2.81. The molecule has 0 saturated heterocycles. The van der Waals surface area contributed by atoms with E-state index in [4.69, 9.17) is 14.7 Å². The first-order valence-corrected chi connectivity index (χ1v) is 7.42. The number of benzene rings is 2. The molecule has 0 atom stereocenters. The van der Waals surface area contributed by atoms with Gasteiger partial charge in [0.1, 0.15) is 0 Å². The van der Waals surface area contributed by atoms with E-state index in [1.807, 2.05) is 48.5 Å². The minimum absolute atomic E-state index is 0.626. The predicted octanol–water partition coefficient (Wildman–Crippen LogP) is 4.10. The molecule has 4 rings (SSSR count). The number of hydrogen-bond donors (Lipinski definition) is 0. The lowest BCUT2D eigenvalue weighted by molar-refractivity contribution is 0.211. The zero-order chi connectivity index (χ0) is 14.9. The van der Waals surface area contributed by atoms with Crippen LogP contribution < -0.4 is 0 Å². The Morgan fingerprint density at radius 2 is 1.64 bits per heavy atom. The number of rotatable bonds is 2. The second kappa shape index (κ2) is 5.35. The van der Waals surface area contributed by atoms with Gasteiger partial charge in [0, 0.05) is 16.5 Å². The Bertz CT molecular complexity index is 869. The number of aromatic nitrogens is 2. The molecular weight excluding hydrogens is 272 g/mol. The van der Waals surface area contributed by atoms with Gasteiger partial charge in [-0.2, -0.15) is 0 Å². The summed E-state index contributed by atoms with van der Waals surface area (Å²) in [6.45, 7) is 3.43. The summed E-state index contributed by atoms with van der Waals surface area (Å²) in [4.78, 5) is 9.58. The predicted molar refractivity (Wildman–Crippen MR) is 88.4 cm³/mol. The van der Waals surface area contributed by atoms with Crippen molar-refractivity contribution in [3.63, 3.8) is 0 Å². The summed E-state index contributed by atoms with van der Waals surface area (Å²) < 4.78 is 5.58. The number of hydrogen-bond acceptors (Lipinski definition) is 3. The highest BCUT2D eigenvalue weighted by Gasteiger charge is 2.18. The van der Waals surface area contributed by atoms with E-state index < -0.39 is 0 Å². The maximum absolute atomic E-state index is 5.58. The molecule has 22 heavy (non-hydrogen) atoms. The van der Waals surface area contributed by atoms with Gasteiger partial charge in [-0.3, -0.25) is 0 Å². The lowest BCUT2D eigenvalue weighted by Crippen LogP contribution is -1.99. The molecule has 0 N–H and O–H groups in total. The number of ether oxygens (including phenoxy) is 1. The van der Waals surface area contributed by atoms with Gasteiger partial charge in [-0.05, 0) is 18.6 Å². The summed E-state index contributed by atoms with van der Waals surface area (Å²) in [5.74, 6) is 0.765. The Morgan fingerprint density at radius 3 is 2.41 bits per heavy atom. The SMILES string of the molecule is CC1=C(c2nc(-c3ccccc3)nc3ccccc23)COC1. The van der Waals surface area contributed by atoms with Gasteiger partial charge in [-0.1, -0.05) is 48.5 Å². The monoisotopic (exact) mass is 288 g/mol. The van der Waals surface area contributed by atoms with E-state index in [1.54, 1.807) is 0 Å². The molecule has 1 aliphatic heterocycles. The highest BCUT2D eigenvalue weighted by atomic mass is 16.5. The Balaban J connectivity index is 2.00. The van der Waals surface area contributed by atoms with E-state index in [-0.39, 0.29) is 0 Å². The van der Waals surface area contributed by atoms with Crippen LogP contribution in [0.2, 0.25) is 0 Å². The highest BCUT2D eigenvalue weighted by molar-refractivity contribution is 5.92. The van der Waals surface area contributed by atoms with Crippen LogP contribution in [-0.2, 0) is 4.74 Å². The number of nitrogens with zero attached hydrogens (tertiary/aromatic N) is 2. The normalized spacial score (nSPS) is 14.8. The highest BCUT2D eigenvalue weighted by Crippen LogP contribution is 2.30. The van der Waals surface area contributed by atoms with Crippen LogP contribution in [0.5, 0.6) is 0 Å². The molecule has 3 nitrogen and oxygen atoms in total. The van der Waals surface area contributed by atoms with Crippen LogP contribution in [-0.4, -0.2) is 23.2 Å². The Kier molecular flexibility index (Phi) is 3.20. The van der Waals surface area contributed by atoms with Gasteiger partial charge >= 0.3 is 0 Å². The van der Waals surface area contributed by atoms with E-state index in [0.717, 1.165) is 28.0 Å². The van der Waals surface area contributed by atoms with E-state index in [9.17, 15) is 0 Å². The van der Waals surface area contributed by atoms with E-state index in [2.05, 4.69) is 13.0 Å². The molecule has 3 aromatic rings. The van der Waals surface area contributed by atoms with E-state index in [1.165, 1.54) is 11.1 Å². The Morgan fingerprint density at radius 1 is 0.864 bits per heavy atom. The summed E-state index contributed by atoms with van der Waals surface area (Å²) in [5, 5.41) is 1.09. The van der Waals surface area contributed by atoms with Crippen molar-refractivity contribution in [3.05, 3.63) is 65.9 Å². The van der Waals surface area contributed by atoms with Gasteiger partial charge in [-0.15, -0.1) is 0 Å². The van der Waals surface area contributed by atoms with Crippen molar-refractivity contribution in [2.24, 2.45) is 0 Å². The molecule has 108 valence electrons. The summed E-state index contributed by atoms with van der Waals surface area (Å²) in [6, 6.07) is 18.3. The first-order valence-electron chi connectivity index (χ1n) is 7.42. The maximum Gasteiger partial charge on any atom is 0.160 e. The fourth-order valence-electron chi connectivity index (χ4n) is 2.81. The fraction of sp³-hybridized carbons (Fsp3) is 0.158. The average Bonchev–Trinajstić information content (AvgIpc) is 3.00. The molecule has 0 saturated carbocycles. The maximum atomic E-state index is 5.58. The molecule has 0 fully saturated rings. The quantitative estimate of drug-likeness (QED) is 0.712. The first-order chi connectivity index (χ1) is 10.8. The molecular formula is C19H16N2O. The van der Waals surface area contributed by atoms with Crippen molar-refractivity contribution in [1.82, 2.24) is 9.97 Å². The smallest absolute Gasteiger partial charge is 0.160 e. The van der Waals surface area contributed by atoms with Gasteiger partial charge in [-0.25, -0.2) is 9.97 Å². The van der Waals surface area contributed by atoms with Crippen molar-refractivity contribution in [2.45, 2.75) is 6.92 Å². The van der Waals surface area contributed by atoms with Crippen LogP contribution >= 0.6 is 0 Å². The molecule has 0 spiro atoms. The van der Waals surface area contributed by atoms with E-state index in [0.29, 0.717) is 13.2 Å².